The fourth-order valence-corrected chi connectivity index (χ4v) is 3.06. The van der Waals surface area contributed by atoms with Crippen LogP contribution in [0.2, 0.25) is 0 Å². The number of aromatic nitrogens is 2. The molecule has 1 unspecified atom stereocenters. The Morgan fingerprint density at radius 3 is 2.84 bits per heavy atom. The van der Waals surface area contributed by atoms with Gasteiger partial charge in [0.2, 0.25) is 0 Å². The van der Waals surface area contributed by atoms with Crippen LogP contribution in [0.15, 0.2) is 18.5 Å². The van der Waals surface area contributed by atoms with Gasteiger partial charge in [0.25, 0.3) is 5.91 Å². The lowest BCUT2D eigenvalue weighted by Crippen LogP contribution is -2.28. The van der Waals surface area contributed by atoms with Gasteiger partial charge in [0, 0.05) is 17.3 Å². The summed E-state index contributed by atoms with van der Waals surface area (Å²) in [6.07, 6.45) is 5.26. The number of rotatable bonds is 5. The van der Waals surface area contributed by atoms with Gasteiger partial charge in [-0.1, -0.05) is 13.8 Å². The molecule has 102 valence electrons. The molecule has 0 spiro atoms. The monoisotopic (exact) mass is 277 g/mol. The number of hydrogen-bond acceptors (Lipinski definition) is 3. The van der Waals surface area contributed by atoms with Crippen LogP contribution in [0.5, 0.6) is 0 Å². The second-order valence-corrected chi connectivity index (χ2v) is 5.62. The Morgan fingerprint density at radius 2 is 2.32 bits per heavy atom. The van der Waals surface area contributed by atoms with Gasteiger partial charge in [-0.15, -0.1) is 11.3 Å². The van der Waals surface area contributed by atoms with E-state index in [1.807, 2.05) is 13.0 Å². The predicted octanol–water partition coefficient (Wildman–Crippen LogP) is 3.22. The molecular weight excluding hydrogens is 258 g/mol. The van der Waals surface area contributed by atoms with Crippen LogP contribution in [0.3, 0.4) is 0 Å². The third-order valence-corrected chi connectivity index (χ3v) is 4.51. The molecule has 0 saturated heterocycles. The first-order chi connectivity index (χ1) is 9.15. The quantitative estimate of drug-likeness (QED) is 0.881. The molecule has 2 heterocycles. The van der Waals surface area contributed by atoms with Gasteiger partial charge in [0.05, 0.1) is 10.9 Å². The van der Waals surface area contributed by atoms with Gasteiger partial charge >= 0.3 is 0 Å². The largest absolute Gasteiger partial charge is 0.347 e. The number of carbonyl (C=O) groups excluding carboxylic acids is 1. The van der Waals surface area contributed by atoms with Gasteiger partial charge in [-0.3, -0.25) is 4.79 Å². The molecule has 0 fully saturated rings. The summed E-state index contributed by atoms with van der Waals surface area (Å²) in [4.78, 5) is 21.6. The van der Waals surface area contributed by atoms with Crippen LogP contribution in [-0.2, 0) is 6.42 Å². The molecule has 0 aliphatic rings. The second-order valence-electron chi connectivity index (χ2n) is 4.48. The van der Waals surface area contributed by atoms with Gasteiger partial charge in [-0.2, -0.15) is 0 Å². The van der Waals surface area contributed by atoms with Crippen molar-refractivity contribution in [2.45, 2.75) is 39.7 Å². The normalized spacial score (nSPS) is 12.4. The maximum atomic E-state index is 12.2. The third-order valence-electron chi connectivity index (χ3n) is 3.13. The van der Waals surface area contributed by atoms with Crippen molar-refractivity contribution in [3.63, 3.8) is 0 Å². The number of imidazole rings is 1. The van der Waals surface area contributed by atoms with Crippen molar-refractivity contribution in [3.05, 3.63) is 39.6 Å². The Balaban J connectivity index is 2.11. The average molecular weight is 277 g/mol. The zero-order valence-electron chi connectivity index (χ0n) is 11.5. The van der Waals surface area contributed by atoms with E-state index in [0.29, 0.717) is 0 Å². The van der Waals surface area contributed by atoms with Crippen LogP contribution in [-0.4, -0.2) is 15.9 Å². The Hall–Kier alpha value is -1.62. The summed E-state index contributed by atoms with van der Waals surface area (Å²) in [5.74, 6) is 0.788. The number of nitrogens with zero attached hydrogens (tertiary/aromatic N) is 1. The number of nitrogens with one attached hydrogen (secondary N) is 2. The van der Waals surface area contributed by atoms with Crippen LogP contribution in [0.1, 0.15) is 52.2 Å². The predicted molar refractivity (Wildman–Crippen MR) is 77.5 cm³/mol. The first-order valence-corrected chi connectivity index (χ1v) is 7.36. The second kappa shape index (κ2) is 6.02. The third kappa shape index (κ3) is 3.04. The minimum Gasteiger partial charge on any atom is -0.347 e. The highest BCUT2D eigenvalue weighted by Crippen LogP contribution is 2.23. The zero-order chi connectivity index (χ0) is 13.8. The summed E-state index contributed by atoms with van der Waals surface area (Å²) in [5.41, 5.74) is 1.20. The summed E-state index contributed by atoms with van der Waals surface area (Å²) < 4.78 is 0. The van der Waals surface area contributed by atoms with Crippen LogP contribution < -0.4 is 5.32 Å². The molecule has 19 heavy (non-hydrogen) atoms. The van der Waals surface area contributed by atoms with Crippen molar-refractivity contribution in [1.29, 1.82) is 0 Å². The molecule has 5 heteroatoms. The SMILES string of the molecule is CCc1sc(C(=O)NC(CC)c2ncc[nH]2)cc1C. The molecule has 0 bridgehead atoms. The highest BCUT2D eigenvalue weighted by atomic mass is 32.1. The van der Waals surface area contributed by atoms with E-state index in [0.717, 1.165) is 23.5 Å². The lowest BCUT2D eigenvalue weighted by molar-refractivity contribution is 0.0938. The van der Waals surface area contributed by atoms with Crippen LogP contribution in [0, 0.1) is 6.92 Å². The number of aryl methyl sites for hydroxylation is 2. The van der Waals surface area contributed by atoms with E-state index in [-0.39, 0.29) is 11.9 Å². The smallest absolute Gasteiger partial charge is 0.261 e. The van der Waals surface area contributed by atoms with E-state index in [1.165, 1.54) is 10.4 Å². The minimum atomic E-state index is -0.0602. The van der Waals surface area contributed by atoms with Crippen LogP contribution >= 0.6 is 11.3 Å². The number of aromatic amines is 1. The van der Waals surface area contributed by atoms with E-state index in [9.17, 15) is 4.79 Å². The van der Waals surface area contributed by atoms with Gasteiger partial charge in [-0.25, -0.2) is 4.98 Å². The lowest BCUT2D eigenvalue weighted by atomic mass is 10.2. The number of carbonyl (C=O) groups is 1. The first kappa shape index (κ1) is 13.8. The van der Waals surface area contributed by atoms with Crippen LogP contribution in [0.4, 0.5) is 0 Å². The van der Waals surface area contributed by atoms with Crippen molar-refractivity contribution in [2.24, 2.45) is 0 Å². The summed E-state index contributed by atoms with van der Waals surface area (Å²) in [5, 5.41) is 3.03. The Morgan fingerprint density at radius 1 is 1.53 bits per heavy atom. The van der Waals surface area contributed by atoms with E-state index in [1.54, 1.807) is 23.7 Å². The maximum Gasteiger partial charge on any atom is 0.261 e. The number of amides is 1. The molecule has 2 N–H and O–H groups in total. The van der Waals surface area contributed by atoms with E-state index >= 15 is 0 Å². The summed E-state index contributed by atoms with van der Waals surface area (Å²) >= 11 is 1.57. The number of hydrogen-bond donors (Lipinski definition) is 2. The molecule has 0 radical (unpaired) electrons. The molecular formula is C14H19N3OS. The fourth-order valence-electron chi connectivity index (χ4n) is 2.04. The molecule has 1 amide bonds. The molecule has 0 aliphatic carbocycles. The summed E-state index contributed by atoms with van der Waals surface area (Å²) in [7, 11) is 0. The van der Waals surface area contributed by atoms with E-state index < -0.39 is 0 Å². The molecule has 2 aromatic heterocycles. The van der Waals surface area contributed by atoms with E-state index in [4.69, 9.17) is 0 Å². The van der Waals surface area contributed by atoms with Crippen LogP contribution in [0.25, 0.3) is 0 Å². The highest BCUT2D eigenvalue weighted by Gasteiger charge is 2.18. The zero-order valence-corrected chi connectivity index (χ0v) is 12.3. The standard InChI is InChI=1S/C14H19N3OS/c1-4-10(13-15-6-7-16-13)17-14(18)12-8-9(3)11(5-2)19-12/h6-8,10H,4-5H2,1-3H3,(H,15,16)(H,17,18). The molecule has 0 aromatic carbocycles. The Kier molecular flexibility index (Phi) is 4.37. The summed E-state index contributed by atoms with van der Waals surface area (Å²) in [6.45, 7) is 6.19. The maximum absolute atomic E-state index is 12.2. The van der Waals surface area contributed by atoms with Crippen molar-refractivity contribution in [3.8, 4) is 0 Å². The topological polar surface area (TPSA) is 57.8 Å². The van der Waals surface area contributed by atoms with Crippen molar-refractivity contribution >= 4 is 17.2 Å². The van der Waals surface area contributed by atoms with Crippen molar-refractivity contribution in [2.75, 3.05) is 0 Å². The van der Waals surface area contributed by atoms with Crippen molar-refractivity contribution in [1.82, 2.24) is 15.3 Å². The molecule has 2 rings (SSSR count). The minimum absolute atomic E-state index is 0.0175. The van der Waals surface area contributed by atoms with Gasteiger partial charge in [-0.05, 0) is 31.4 Å². The molecule has 4 nitrogen and oxygen atoms in total. The number of thiophene rings is 1. The lowest BCUT2D eigenvalue weighted by Gasteiger charge is -2.13. The first-order valence-electron chi connectivity index (χ1n) is 6.55. The summed E-state index contributed by atoms with van der Waals surface area (Å²) in [6, 6.07) is 1.91. The Labute approximate surface area is 117 Å². The molecule has 0 aliphatic heterocycles. The molecule has 2 aromatic rings. The highest BCUT2D eigenvalue weighted by molar-refractivity contribution is 7.14. The van der Waals surface area contributed by atoms with Crippen molar-refractivity contribution < 1.29 is 4.79 Å². The van der Waals surface area contributed by atoms with Gasteiger partial charge in [0.1, 0.15) is 5.82 Å². The molecule has 0 saturated carbocycles. The average Bonchev–Trinajstić information content (AvgIpc) is 3.04. The number of H-pyrrole nitrogens is 1. The fraction of sp³-hybridized carbons (Fsp3) is 0.429. The Bertz CT molecular complexity index is 545. The molecule has 1 atom stereocenters. The van der Waals surface area contributed by atoms with Gasteiger partial charge < -0.3 is 10.3 Å². The van der Waals surface area contributed by atoms with Gasteiger partial charge in [0.15, 0.2) is 0 Å². The van der Waals surface area contributed by atoms with E-state index in [2.05, 4.69) is 29.1 Å².